The normalized spacial score (nSPS) is 12.1. The van der Waals surface area contributed by atoms with E-state index in [9.17, 15) is 4.79 Å². The quantitative estimate of drug-likeness (QED) is 0.583. The first-order valence-corrected chi connectivity index (χ1v) is 7.87. The molecule has 0 spiro atoms. The predicted molar refractivity (Wildman–Crippen MR) is 84.0 cm³/mol. The number of ether oxygens (including phenoxy) is 1. The van der Waals surface area contributed by atoms with Gasteiger partial charge in [0.05, 0.1) is 10.9 Å². The summed E-state index contributed by atoms with van der Waals surface area (Å²) in [6.45, 7) is 3.07. The van der Waals surface area contributed by atoms with Crippen LogP contribution >= 0.6 is 11.8 Å². The molecule has 2 rings (SSSR count). The molecule has 0 saturated heterocycles. The first kappa shape index (κ1) is 16.4. The molecule has 7 nitrogen and oxygen atoms in total. The molecule has 1 N–H and O–H groups in total. The van der Waals surface area contributed by atoms with Crippen LogP contribution in [-0.4, -0.2) is 51.6 Å². The standard InChI is InChI=1S/C14H19N5O2S/c1-11(13(20)15-9-6-10-21-2)22-14-16-17-18-19(14)12-7-4-3-5-8-12/h3-5,7-8,11H,6,9-10H2,1-2H3,(H,15,20). The largest absolute Gasteiger partial charge is 0.385 e. The minimum Gasteiger partial charge on any atom is -0.385 e. The van der Waals surface area contributed by atoms with Crippen molar-refractivity contribution >= 4 is 17.7 Å². The van der Waals surface area contributed by atoms with Gasteiger partial charge in [0.2, 0.25) is 11.1 Å². The first-order chi connectivity index (χ1) is 10.7. The third kappa shape index (κ3) is 4.54. The summed E-state index contributed by atoms with van der Waals surface area (Å²) >= 11 is 1.33. The summed E-state index contributed by atoms with van der Waals surface area (Å²) in [6.07, 6.45) is 0.793. The highest BCUT2D eigenvalue weighted by molar-refractivity contribution is 8.00. The van der Waals surface area contributed by atoms with E-state index in [0.717, 1.165) is 12.1 Å². The Morgan fingerprint density at radius 3 is 2.91 bits per heavy atom. The molecule has 2 aromatic rings. The third-order valence-corrected chi connectivity index (χ3v) is 3.95. The van der Waals surface area contributed by atoms with Crippen molar-refractivity contribution in [2.75, 3.05) is 20.3 Å². The maximum Gasteiger partial charge on any atom is 0.233 e. The van der Waals surface area contributed by atoms with Gasteiger partial charge in [-0.25, -0.2) is 0 Å². The maximum atomic E-state index is 12.0. The Balaban J connectivity index is 1.94. The van der Waals surface area contributed by atoms with Gasteiger partial charge in [0.15, 0.2) is 0 Å². The summed E-state index contributed by atoms with van der Waals surface area (Å²) in [7, 11) is 1.64. The van der Waals surface area contributed by atoms with E-state index in [4.69, 9.17) is 4.74 Å². The van der Waals surface area contributed by atoms with Crippen LogP contribution in [0.3, 0.4) is 0 Å². The number of methoxy groups -OCH3 is 1. The van der Waals surface area contributed by atoms with Crippen LogP contribution in [0, 0.1) is 0 Å². The Labute approximate surface area is 133 Å². The maximum absolute atomic E-state index is 12.0. The number of nitrogens with one attached hydrogen (secondary N) is 1. The molecule has 22 heavy (non-hydrogen) atoms. The molecule has 0 fully saturated rings. The summed E-state index contributed by atoms with van der Waals surface area (Å²) in [4.78, 5) is 12.0. The monoisotopic (exact) mass is 321 g/mol. The molecule has 0 aliphatic heterocycles. The van der Waals surface area contributed by atoms with Crippen LogP contribution in [0.2, 0.25) is 0 Å². The van der Waals surface area contributed by atoms with Crippen molar-refractivity contribution in [3.63, 3.8) is 0 Å². The van der Waals surface area contributed by atoms with Crippen LogP contribution in [-0.2, 0) is 9.53 Å². The highest BCUT2D eigenvalue weighted by atomic mass is 32.2. The second kappa shape index (κ2) is 8.50. The van der Waals surface area contributed by atoms with Crippen molar-refractivity contribution in [3.8, 4) is 5.69 Å². The molecule has 1 atom stereocenters. The Morgan fingerprint density at radius 2 is 2.18 bits per heavy atom. The van der Waals surface area contributed by atoms with Gasteiger partial charge in [0.25, 0.3) is 0 Å². The number of hydrogen-bond donors (Lipinski definition) is 1. The fraction of sp³-hybridized carbons (Fsp3) is 0.429. The number of rotatable bonds is 8. The molecule has 0 saturated carbocycles. The summed E-state index contributed by atoms with van der Waals surface area (Å²) in [5, 5.41) is 14.8. The number of para-hydroxylation sites is 1. The Kier molecular flexibility index (Phi) is 6.35. The fourth-order valence-electron chi connectivity index (χ4n) is 1.77. The Bertz CT molecular complexity index is 590. The lowest BCUT2D eigenvalue weighted by Crippen LogP contribution is -2.32. The van der Waals surface area contributed by atoms with Gasteiger partial charge in [-0.2, -0.15) is 4.68 Å². The van der Waals surface area contributed by atoms with Crippen molar-refractivity contribution in [3.05, 3.63) is 30.3 Å². The molecule has 0 radical (unpaired) electrons. The van der Waals surface area contributed by atoms with Crippen LogP contribution in [0.4, 0.5) is 0 Å². The average molecular weight is 321 g/mol. The number of carbonyl (C=O) groups excluding carboxylic acids is 1. The number of hydrogen-bond acceptors (Lipinski definition) is 6. The van der Waals surface area contributed by atoms with Gasteiger partial charge < -0.3 is 10.1 Å². The minimum absolute atomic E-state index is 0.0382. The predicted octanol–water partition coefficient (Wildman–Crippen LogP) is 1.30. The highest BCUT2D eigenvalue weighted by Crippen LogP contribution is 2.22. The van der Waals surface area contributed by atoms with Gasteiger partial charge in [-0.05, 0) is 35.9 Å². The zero-order valence-electron chi connectivity index (χ0n) is 12.6. The number of benzene rings is 1. The lowest BCUT2D eigenvalue weighted by molar-refractivity contribution is -0.120. The first-order valence-electron chi connectivity index (χ1n) is 6.99. The van der Waals surface area contributed by atoms with Crippen molar-refractivity contribution in [1.29, 1.82) is 0 Å². The summed E-state index contributed by atoms with van der Waals surface area (Å²) in [5.41, 5.74) is 0.864. The second-order valence-electron chi connectivity index (χ2n) is 4.61. The number of nitrogens with zero attached hydrogens (tertiary/aromatic N) is 4. The zero-order chi connectivity index (χ0) is 15.8. The minimum atomic E-state index is -0.281. The topological polar surface area (TPSA) is 81.9 Å². The molecule has 118 valence electrons. The van der Waals surface area contributed by atoms with E-state index >= 15 is 0 Å². The van der Waals surface area contributed by atoms with Gasteiger partial charge in [-0.1, -0.05) is 30.0 Å². The molecule has 1 heterocycles. The van der Waals surface area contributed by atoms with E-state index in [1.54, 1.807) is 11.8 Å². The van der Waals surface area contributed by atoms with Gasteiger partial charge in [-0.3, -0.25) is 4.79 Å². The number of thioether (sulfide) groups is 1. The molecule has 0 bridgehead atoms. The Hall–Kier alpha value is -1.93. The number of tetrazole rings is 1. The average Bonchev–Trinajstić information content (AvgIpc) is 3.00. The molecule has 1 aromatic carbocycles. The molecule has 1 amide bonds. The van der Waals surface area contributed by atoms with Crippen LogP contribution in [0.5, 0.6) is 0 Å². The number of aromatic nitrogens is 4. The highest BCUT2D eigenvalue weighted by Gasteiger charge is 2.18. The summed E-state index contributed by atoms with van der Waals surface area (Å²) in [5.74, 6) is -0.0382. The van der Waals surface area contributed by atoms with Crippen molar-refractivity contribution < 1.29 is 9.53 Å². The smallest absolute Gasteiger partial charge is 0.233 e. The summed E-state index contributed by atoms with van der Waals surface area (Å²) in [6, 6.07) is 9.58. The van der Waals surface area contributed by atoms with E-state index in [2.05, 4.69) is 20.8 Å². The van der Waals surface area contributed by atoms with Crippen LogP contribution < -0.4 is 5.32 Å². The molecular weight excluding hydrogens is 302 g/mol. The lowest BCUT2D eigenvalue weighted by atomic mass is 10.3. The zero-order valence-corrected chi connectivity index (χ0v) is 13.4. The van der Waals surface area contributed by atoms with Crippen molar-refractivity contribution in [2.45, 2.75) is 23.8 Å². The van der Waals surface area contributed by atoms with Crippen LogP contribution in [0.15, 0.2) is 35.5 Å². The molecule has 0 aliphatic rings. The molecule has 0 aliphatic carbocycles. The summed E-state index contributed by atoms with van der Waals surface area (Å²) < 4.78 is 6.57. The fourth-order valence-corrected chi connectivity index (χ4v) is 2.60. The second-order valence-corrected chi connectivity index (χ2v) is 5.91. The number of carbonyl (C=O) groups is 1. The molecule has 1 unspecified atom stereocenters. The van der Waals surface area contributed by atoms with E-state index in [-0.39, 0.29) is 11.2 Å². The number of amides is 1. The van der Waals surface area contributed by atoms with E-state index in [1.165, 1.54) is 11.8 Å². The van der Waals surface area contributed by atoms with E-state index in [0.29, 0.717) is 18.3 Å². The van der Waals surface area contributed by atoms with Crippen LogP contribution in [0.25, 0.3) is 5.69 Å². The lowest BCUT2D eigenvalue weighted by Gasteiger charge is -2.11. The van der Waals surface area contributed by atoms with Gasteiger partial charge in [-0.15, -0.1) is 5.10 Å². The van der Waals surface area contributed by atoms with E-state index in [1.807, 2.05) is 37.3 Å². The van der Waals surface area contributed by atoms with E-state index < -0.39 is 0 Å². The molecule has 1 aromatic heterocycles. The van der Waals surface area contributed by atoms with Gasteiger partial charge in [0.1, 0.15) is 0 Å². The van der Waals surface area contributed by atoms with Crippen molar-refractivity contribution in [1.82, 2.24) is 25.5 Å². The molecular formula is C14H19N5O2S. The van der Waals surface area contributed by atoms with Gasteiger partial charge in [0, 0.05) is 20.3 Å². The van der Waals surface area contributed by atoms with Crippen LogP contribution in [0.1, 0.15) is 13.3 Å². The SMILES string of the molecule is COCCCNC(=O)C(C)Sc1nnnn1-c1ccccc1. The third-order valence-electron chi connectivity index (χ3n) is 2.92. The van der Waals surface area contributed by atoms with Crippen molar-refractivity contribution in [2.24, 2.45) is 0 Å². The molecule has 8 heteroatoms. The van der Waals surface area contributed by atoms with Gasteiger partial charge >= 0.3 is 0 Å². The Morgan fingerprint density at radius 1 is 1.41 bits per heavy atom.